The van der Waals surface area contributed by atoms with Crippen molar-refractivity contribution >= 4 is 11.6 Å². The number of benzene rings is 1. The van der Waals surface area contributed by atoms with E-state index in [1.807, 2.05) is 25.2 Å². The lowest BCUT2D eigenvalue weighted by Gasteiger charge is -2.21. The standard InChI is InChI=1S/C12H16N2O2/c1-3-9(13-2)8-4-5-11-10(6-8)14-12(15)7-16-11/h4-6,9,13H,3,7H2,1-2H3,(H,14,15). The Labute approximate surface area is 95.0 Å². The maximum absolute atomic E-state index is 11.2. The lowest BCUT2D eigenvalue weighted by molar-refractivity contribution is -0.118. The highest BCUT2D eigenvalue weighted by molar-refractivity contribution is 5.95. The van der Waals surface area contributed by atoms with E-state index in [1.54, 1.807) is 0 Å². The number of carbonyl (C=O) groups excluding carboxylic acids is 1. The van der Waals surface area contributed by atoms with E-state index in [4.69, 9.17) is 4.74 Å². The summed E-state index contributed by atoms with van der Waals surface area (Å²) in [5, 5.41) is 6.04. The summed E-state index contributed by atoms with van der Waals surface area (Å²) in [5.41, 5.74) is 1.93. The van der Waals surface area contributed by atoms with Gasteiger partial charge in [0.05, 0.1) is 5.69 Å². The quantitative estimate of drug-likeness (QED) is 0.815. The Bertz CT molecular complexity index is 400. The molecule has 0 spiro atoms. The molecule has 4 nitrogen and oxygen atoms in total. The number of ether oxygens (including phenoxy) is 1. The van der Waals surface area contributed by atoms with Crippen LogP contribution in [0.1, 0.15) is 24.9 Å². The molecule has 0 saturated heterocycles. The SMILES string of the molecule is CCC(NC)c1ccc2c(c1)NC(=O)CO2. The number of hydrogen-bond donors (Lipinski definition) is 2. The second-order valence-electron chi connectivity index (χ2n) is 3.84. The summed E-state index contributed by atoms with van der Waals surface area (Å²) in [6, 6.07) is 6.21. The van der Waals surface area contributed by atoms with Gasteiger partial charge in [0.2, 0.25) is 0 Å². The molecule has 1 aromatic rings. The molecule has 16 heavy (non-hydrogen) atoms. The minimum absolute atomic E-state index is 0.0952. The average Bonchev–Trinajstić information content (AvgIpc) is 2.30. The highest BCUT2D eigenvalue weighted by atomic mass is 16.5. The van der Waals surface area contributed by atoms with Crippen molar-refractivity contribution in [2.45, 2.75) is 19.4 Å². The maximum Gasteiger partial charge on any atom is 0.262 e. The zero-order valence-electron chi connectivity index (χ0n) is 9.54. The molecule has 86 valence electrons. The lowest BCUT2D eigenvalue weighted by atomic mass is 10.0. The Morgan fingerprint density at radius 2 is 2.38 bits per heavy atom. The molecule has 1 aliphatic rings. The van der Waals surface area contributed by atoms with Crippen molar-refractivity contribution in [3.63, 3.8) is 0 Å². The Balaban J connectivity index is 2.30. The first kappa shape index (κ1) is 11.0. The van der Waals surface area contributed by atoms with Gasteiger partial charge in [-0.1, -0.05) is 13.0 Å². The van der Waals surface area contributed by atoms with Crippen LogP contribution in [0.15, 0.2) is 18.2 Å². The van der Waals surface area contributed by atoms with Gasteiger partial charge in [0.25, 0.3) is 5.91 Å². The Morgan fingerprint density at radius 1 is 1.56 bits per heavy atom. The Morgan fingerprint density at radius 3 is 3.06 bits per heavy atom. The van der Waals surface area contributed by atoms with E-state index >= 15 is 0 Å². The third-order valence-electron chi connectivity index (χ3n) is 2.80. The molecule has 0 aliphatic carbocycles. The van der Waals surface area contributed by atoms with Gasteiger partial charge in [-0.05, 0) is 31.2 Å². The van der Waals surface area contributed by atoms with Crippen LogP contribution in [0.4, 0.5) is 5.69 Å². The van der Waals surface area contributed by atoms with Gasteiger partial charge < -0.3 is 15.4 Å². The molecule has 0 fully saturated rings. The normalized spacial score (nSPS) is 16.0. The number of carbonyl (C=O) groups is 1. The van der Waals surface area contributed by atoms with Crippen molar-refractivity contribution in [2.24, 2.45) is 0 Å². The summed E-state index contributed by atoms with van der Waals surface area (Å²) in [6.45, 7) is 2.23. The fourth-order valence-corrected chi connectivity index (χ4v) is 1.92. The Kier molecular flexibility index (Phi) is 3.10. The van der Waals surface area contributed by atoms with Crippen molar-refractivity contribution in [3.05, 3.63) is 23.8 Å². The first-order valence-corrected chi connectivity index (χ1v) is 5.48. The number of nitrogens with one attached hydrogen (secondary N) is 2. The minimum Gasteiger partial charge on any atom is -0.482 e. The van der Waals surface area contributed by atoms with E-state index in [0.29, 0.717) is 6.04 Å². The molecule has 1 aliphatic heterocycles. The molecule has 0 bridgehead atoms. The maximum atomic E-state index is 11.2. The molecule has 0 saturated carbocycles. The van der Waals surface area contributed by atoms with Crippen molar-refractivity contribution in [3.8, 4) is 5.75 Å². The molecule has 0 aromatic heterocycles. The van der Waals surface area contributed by atoms with Gasteiger partial charge in [0.1, 0.15) is 5.75 Å². The van der Waals surface area contributed by atoms with Gasteiger partial charge in [-0.3, -0.25) is 4.79 Å². The predicted molar refractivity (Wildman–Crippen MR) is 62.7 cm³/mol. The molecule has 4 heteroatoms. The number of fused-ring (bicyclic) bond motifs is 1. The second-order valence-corrected chi connectivity index (χ2v) is 3.84. The van der Waals surface area contributed by atoms with Crippen molar-refractivity contribution in [1.29, 1.82) is 0 Å². The smallest absolute Gasteiger partial charge is 0.262 e. The third-order valence-corrected chi connectivity index (χ3v) is 2.80. The van der Waals surface area contributed by atoms with Crippen LogP contribution in [0.3, 0.4) is 0 Å². The molecular weight excluding hydrogens is 204 g/mol. The van der Waals surface area contributed by atoms with Crippen LogP contribution >= 0.6 is 0 Å². The topological polar surface area (TPSA) is 50.4 Å². The second kappa shape index (κ2) is 4.53. The molecule has 2 rings (SSSR count). The van der Waals surface area contributed by atoms with E-state index in [0.717, 1.165) is 23.4 Å². The van der Waals surface area contributed by atoms with Crippen molar-refractivity contribution < 1.29 is 9.53 Å². The largest absolute Gasteiger partial charge is 0.482 e. The molecule has 1 aromatic carbocycles. The van der Waals surface area contributed by atoms with E-state index < -0.39 is 0 Å². The third kappa shape index (κ3) is 2.02. The fourth-order valence-electron chi connectivity index (χ4n) is 1.92. The lowest BCUT2D eigenvalue weighted by Crippen LogP contribution is -2.25. The molecule has 2 N–H and O–H groups in total. The summed E-state index contributed by atoms with van der Waals surface area (Å²) in [7, 11) is 1.93. The van der Waals surface area contributed by atoms with Gasteiger partial charge in [-0.2, -0.15) is 0 Å². The van der Waals surface area contributed by atoms with Crippen LogP contribution in [-0.4, -0.2) is 19.6 Å². The summed E-state index contributed by atoms with van der Waals surface area (Å²) in [5.74, 6) is 0.650. The van der Waals surface area contributed by atoms with Crippen LogP contribution in [0, 0.1) is 0 Å². The molecule has 1 heterocycles. The molecule has 1 unspecified atom stereocenters. The zero-order chi connectivity index (χ0) is 11.5. The van der Waals surface area contributed by atoms with Crippen molar-refractivity contribution in [2.75, 3.05) is 19.0 Å². The number of hydrogen-bond acceptors (Lipinski definition) is 3. The summed E-state index contributed by atoms with van der Waals surface area (Å²) >= 11 is 0. The van der Waals surface area contributed by atoms with Crippen LogP contribution in [0.25, 0.3) is 0 Å². The van der Waals surface area contributed by atoms with Crippen LogP contribution < -0.4 is 15.4 Å². The predicted octanol–water partition coefficient (Wildman–Crippen LogP) is 1.69. The Hall–Kier alpha value is -1.55. The van der Waals surface area contributed by atoms with Crippen LogP contribution in [0.2, 0.25) is 0 Å². The van der Waals surface area contributed by atoms with Gasteiger partial charge in [-0.25, -0.2) is 0 Å². The monoisotopic (exact) mass is 220 g/mol. The minimum atomic E-state index is -0.0952. The van der Waals surface area contributed by atoms with E-state index in [9.17, 15) is 4.79 Å². The first-order chi connectivity index (χ1) is 7.74. The summed E-state index contributed by atoms with van der Waals surface area (Å²) in [6.07, 6.45) is 1.00. The van der Waals surface area contributed by atoms with Gasteiger partial charge >= 0.3 is 0 Å². The zero-order valence-corrected chi connectivity index (χ0v) is 9.54. The molecule has 1 amide bonds. The van der Waals surface area contributed by atoms with Gasteiger partial charge in [0, 0.05) is 6.04 Å². The van der Waals surface area contributed by atoms with Crippen LogP contribution in [0.5, 0.6) is 5.75 Å². The number of amides is 1. The number of anilines is 1. The average molecular weight is 220 g/mol. The van der Waals surface area contributed by atoms with Crippen LogP contribution in [-0.2, 0) is 4.79 Å². The highest BCUT2D eigenvalue weighted by Gasteiger charge is 2.17. The molecule has 1 atom stereocenters. The molecular formula is C12H16N2O2. The van der Waals surface area contributed by atoms with E-state index in [1.165, 1.54) is 0 Å². The highest BCUT2D eigenvalue weighted by Crippen LogP contribution is 2.31. The summed E-state index contributed by atoms with van der Waals surface area (Å²) in [4.78, 5) is 11.2. The van der Waals surface area contributed by atoms with Gasteiger partial charge in [-0.15, -0.1) is 0 Å². The number of rotatable bonds is 3. The van der Waals surface area contributed by atoms with E-state index in [-0.39, 0.29) is 12.5 Å². The molecule has 0 radical (unpaired) electrons. The fraction of sp³-hybridized carbons (Fsp3) is 0.417. The van der Waals surface area contributed by atoms with E-state index in [2.05, 4.69) is 17.6 Å². The van der Waals surface area contributed by atoms with Crippen molar-refractivity contribution in [1.82, 2.24) is 5.32 Å². The summed E-state index contributed by atoms with van der Waals surface area (Å²) < 4.78 is 5.31. The first-order valence-electron chi connectivity index (χ1n) is 5.48. The van der Waals surface area contributed by atoms with Gasteiger partial charge in [0.15, 0.2) is 6.61 Å².